The van der Waals surface area contributed by atoms with E-state index in [2.05, 4.69) is 121 Å². The summed E-state index contributed by atoms with van der Waals surface area (Å²) in [6.45, 7) is 1.20. The van der Waals surface area contributed by atoms with Gasteiger partial charge in [0, 0.05) is 36.8 Å². The van der Waals surface area contributed by atoms with Gasteiger partial charge in [-0.2, -0.15) is 0 Å². The minimum Gasteiger partial charge on any atom is -0.372 e. The first-order chi connectivity index (χ1) is 15.2. The van der Waals surface area contributed by atoms with E-state index in [0.717, 1.165) is 11.4 Å². The molecule has 31 heavy (non-hydrogen) atoms. The average molecular weight is 409 g/mol. The lowest BCUT2D eigenvalue weighted by atomic mass is 10.2. The first-order valence-corrected chi connectivity index (χ1v) is 10.5. The van der Waals surface area contributed by atoms with Crippen molar-refractivity contribution in [3.05, 3.63) is 120 Å². The molecule has 0 aromatic heterocycles. The van der Waals surface area contributed by atoms with E-state index in [1.165, 1.54) is 22.5 Å². The zero-order chi connectivity index (χ0) is 21.5. The minimum absolute atomic E-state index is 0.598. The molecule has 0 N–H and O–H groups in total. The predicted octanol–water partition coefficient (Wildman–Crippen LogP) is 6.94. The second kappa shape index (κ2) is 9.96. The summed E-state index contributed by atoms with van der Waals surface area (Å²) in [5.74, 6) is 0. The third-order valence-corrected chi connectivity index (χ3v) is 5.47. The summed E-state index contributed by atoms with van der Waals surface area (Å²) in [5.41, 5.74) is 7.01. The molecule has 156 valence electrons. The van der Waals surface area contributed by atoms with Crippen LogP contribution in [-0.4, -0.2) is 14.1 Å². The summed E-state index contributed by atoms with van der Waals surface area (Å²) in [4.78, 5) is 4.36. The van der Waals surface area contributed by atoms with Crippen molar-refractivity contribution in [1.29, 1.82) is 0 Å². The fourth-order valence-electron chi connectivity index (χ4n) is 3.52. The molecule has 4 aromatic carbocycles. The van der Waals surface area contributed by atoms with Crippen molar-refractivity contribution in [2.24, 2.45) is 0 Å². The van der Waals surface area contributed by atoms with Gasteiger partial charge in [0.05, 0.1) is 13.2 Å². The Hall–Kier alpha value is -3.56. The highest BCUT2D eigenvalue weighted by atomic mass is 16.5. The Balaban J connectivity index is 1.29. The maximum atomic E-state index is 5.95. The van der Waals surface area contributed by atoms with Gasteiger partial charge in [-0.05, 0) is 59.7 Å². The van der Waals surface area contributed by atoms with Crippen molar-refractivity contribution in [1.82, 2.24) is 0 Å². The fourth-order valence-corrected chi connectivity index (χ4v) is 3.52. The standard InChI is InChI=1S/C28H28N2O/c1-29(25-9-5-3-6-10-25)27-17-13-23(14-18-27)21-31-22-24-15-19-28(20-16-24)30(2)26-11-7-4-8-12-26/h3-20H,21-22H2,1-2H3. The number of hydrogen-bond acceptors (Lipinski definition) is 3. The van der Waals surface area contributed by atoms with Gasteiger partial charge in [0.15, 0.2) is 0 Å². The second-order valence-corrected chi connectivity index (χ2v) is 7.61. The van der Waals surface area contributed by atoms with Crippen molar-refractivity contribution in [3.63, 3.8) is 0 Å². The van der Waals surface area contributed by atoms with Gasteiger partial charge in [-0.1, -0.05) is 60.7 Å². The molecule has 0 heterocycles. The largest absolute Gasteiger partial charge is 0.372 e. The molecule has 0 atom stereocenters. The Morgan fingerprint density at radius 3 is 1.13 bits per heavy atom. The Morgan fingerprint density at radius 1 is 0.452 bits per heavy atom. The molecule has 0 saturated carbocycles. The summed E-state index contributed by atoms with van der Waals surface area (Å²) in [7, 11) is 4.17. The number of rotatable bonds is 8. The Morgan fingerprint density at radius 2 is 0.774 bits per heavy atom. The Kier molecular flexibility index (Phi) is 6.65. The van der Waals surface area contributed by atoms with Crippen molar-refractivity contribution >= 4 is 22.7 Å². The van der Waals surface area contributed by atoms with Gasteiger partial charge in [0.25, 0.3) is 0 Å². The first-order valence-electron chi connectivity index (χ1n) is 10.5. The summed E-state index contributed by atoms with van der Waals surface area (Å²) in [5, 5.41) is 0. The number of ether oxygens (including phenoxy) is 1. The van der Waals surface area contributed by atoms with Crippen molar-refractivity contribution in [2.75, 3.05) is 23.9 Å². The van der Waals surface area contributed by atoms with Crippen LogP contribution in [0.1, 0.15) is 11.1 Å². The zero-order valence-corrected chi connectivity index (χ0v) is 18.1. The van der Waals surface area contributed by atoms with E-state index in [0.29, 0.717) is 13.2 Å². The number of benzene rings is 4. The number of hydrogen-bond donors (Lipinski definition) is 0. The zero-order valence-electron chi connectivity index (χ0n) is 18.1. The molecule has 4 rings (SSSR count). The molecule has 3 heteroatoms. The summed E-state index contributed by atoms with van der Waals surface area (Å²) >= 11 is 0. The molecule has 3 nitrogen and oxygen atoms in total. The smallest absolute Gasteiger partial charge is 0.0721 e. The molecule has 0 spiro atoms. The van der Waals surface area contributed by atoms with E-state index in [1.54, 1.807) is 0 Å². The molecule has 0 aliphatic heterocycles. The third kappa shape index (κ3) is 5.33. The van der Waals surface area contributed by atoms with Gasteiger partial charge in [-0.25, -0.2) is 0 Å². The molecule has 0 amide bonds. The van der Waals surface area contributed by atoms with Crippen LogP contribution < -0.4 is 9.80 Å². The molecule has 0 aliphatic rings. The molecule has 4 aromatic rings. The highest BCUT2D eigenvalue weighted by Gasteiger charge is 2.05. The maximum absolute atomic E-state index is 5.95. The van der Waals surface area contributed by atoms with E-state index < -0.39 is 0 Å². The van der Waals surface area contributed by atoms with E-state index in [-0.39, 0.29) is 0 Å². The van der Waals surface area contributed by atoms with Crippen molar-refractivity contribution in [3.8, 4) is 0 Å². The van der Waals surface area contributed by atoms with Crippen LogP contribution in [0.5, 0.6) is 0 Å². The SMILES string of the molecule is CN(c1ccccc1)c1ccc(COCc2ccc(N(C)c3ccccc3)cc2)cc1. The average Bonchev–Trinajstić information content (AvgIpc) is 2.85. The lowest BCUT2D eigenvalue weighted by molar-refractivity contribution is 0.107. The summed E-state index contributed by atoms with van der Waals surface area (Å²) < 4.78 is 5.95. The van der Waals surface area contributed by atoms with Crippen LogP contribution in [0.2, 0.25) is 0 Å². The first kappa shape index (κ1) is 20.7. The van der Waals surface area contributed by atoms with Gasteiger partial charge < -0.3 is 14.5 Å². The monoisotopic (exact) mass is 408 g/mol. The molecular formula is C28H28N2O. The van der Waals surface area contributed by atoms with Crippen molar-refractivity contribution in [2.45, 2.75) is 13.2 Å². The Labute approximate surface area is 185 Å². The van der Waals surface area contributed by atoms with E-state index >= 15 is 0 Å². The summed E-state index contributed by atoms with van der Waals surface area (Å²) in [6, 6.07) is 37.8. The fraction of sp³-hybridized carbons (Fsp3) is 0.143. The van der Waals surface area contributed by atoms with Crippen LogP contribution >= 0.6 is 0 Å². The van der Waals surface area contributed by atoms with Gasteiger partial charge in [-0.3, -0.25) is 0 Å². The van der Waals surface area contributed by atoms with Gasteiger partial charge in [0.1, 0.15) is 0 Å². The molecule has 0 saturated heterocycles. The van der Waals surface area contributed by atoms with Gasteiger partial charge >= 0.3 is 0 Å². The van der Waals surface area contributed by atoms with Crippen LogP contribution in [0, 0.1) is 0 Å². The molecular weight excluding hydrogens is 380 g/mol. The van der Waals surface area contributed by atoms with Crippen LogP contribution in [0.4, 0.5) is 22.7 Å². The molecule has 0 radical (unpaired) electrons. The summed E-state index contributed by atoms with van der Waals surface area (Å²) in [6.07, 6.45) is 0. The quantitative estimate of drug-likeness (QED) is 0.314. The molecule has 0 bridgehead atoms. The minimum atomic E-state index is 0.598. The topological polar surface area (TPSA) is 15.7 Å². The number of nitrogens with zero attached hydrogens (tertiary/aromatic N) is 2. The predicted molar refractivity (Wildman–Crippen MR) is 130 cm³/mol. The molecule has 0 aliphatic carbocycles. The van der Waals surface area contributed by atoms with E-state index in [4.69, 9.17) is 4.74 Å². The van der Waals surface area contributed by atoms with Gasteiger partial charge in [0.2, 0.25) is 0 Å². The highest BCUT2D eigenvalue weighted by molar-refractivity contribution is 5.63. The second-order valence-electron chi connectivity index (χ2n) is 7.61. The lowest BCUT2D eigenvalue weighted by Gasteiger charge is -2.20. The van der Waals surface area contributed by atoms with Crippen LogP contribution in [0.3, 0.4) is 0 Å². The normalized spacial score (nSPS) is 10.6. The van der Waals surface area contributed by atoms with Crippen LogP contribution in [0.25, 0.3) is 0 Å². The molecule has 0 fully saturated rings. The lowest BCUT2D eigenvalue weighted by Crippen LogP contribution is -2.09. The number of anilines is 4. The van der Waals surface area contributed by atoms with Gasteiger partial charge in [-0.15, -0.1) is 0 Å². The Bertz CT molecular complexity index is 973. The third-order valence-electron chi connectivity index (χ3n) is 5.47. The number of para-hydroxylation sites is 2. The van der Waals surface area contributed by atoms with E-state index in [9.17, 15) is 0 Å². The van der Waals surface area contributed by atoms with Crippen LogP contribution in [0.15, 0.2) is 109 Å². The maximum Gasteiger partial charge on any atom is 0.0721 e. The van der Waals surface area contributed by atoms with Crippen molar-refractivity contribution < 1.29 is 4.74 Å². The van der Waals surface area contributed by atoms with E-state index in [1.807, 2.05) is 12.1 Å². The van der Waals surface area contributed by atoms with Crippen LogP contribution in [-0.2, 0) is 18.0 Å². The molecule has 0 unspecified atom stereocenters. The highest BCUT2D eigenvalue weighted by Crippen LogP contribution is 2.25.